The second-order valence-electron chi connectivity index (χ2n) is 5.45. The van der Waals surface area contributed by atoms with Gasteiger partial charge in [0.05, 0.1) is 18.8 Å². The summed E-state index contributed by atoms with van der Waals surface area (Å²) in [5.74, 6) is 0.0823. The Bertz CT molecular complexity index is 612. The minimum absolute atomic E-state index is 0.0823. The van der Waals surface area contributed by atoms with Crippen molar-refractivity contribution < 1.29 is 4.79 Å². The maximum Gasteiger partial charge on any atom is 0.224 e. The number of nitrogens with zero attached hydrogens (tertiary/aromatic N) is 2. The first kappa shape index (κ1) is 14.3. The summed E-state index contributed by atoms with van der Waals surface area (Å²) < 4.78 is 3.09. The van der Waals surface area contributed by atoms with Gasteiger partial charge in [0.1, 0.15) is 0 Å². The molecule has 0 aliphatic heterocycles. The van der Waals surface area contributed by atoms with E-state index in [1.54, 1.807) is 6.20 Å². The van der Waals surface area contributed by atoms with Crippen LogP contribution in [0.1, 0.15) is 30.9 Å². The van der Waals surface area contributed by atoms with Gasteiger partial charge in [0.15, 0.2) is 0 Å². The van der Waals surface area contributed by atoms with Crippen molar-refractivity contribution in [2.45, 2.75) is 37.8 Å². The highest BCUT2D eigenvalue weighted by molar-refractivity contribution is 9.10. The topological polar surface area (TPSA) is 46.9 Å². The lowest BCUT2D eigenvalue weighted by molar-refractivity contribution is -0.121. The van der Waals surface area contributed by atoms with Crippen molar-refractivity contribution in [3.8, 4) is 0 Å². The van der Waals surface area contributed by atoms with E-state index in [4.69, 9.17) is 0 Å². The molecule has 0 spiro atoms. The summed E-state index contributed by atoms with van der Waals surface area (Å²) in [6, 6.07) is 8.39. The monoisotopic (exact) mass is 347 g/mol. The molecule has 1 aliphatic rings. The molecule has 1 saturated carbocycles. The van der Waals surface area contributed by atoms with Crippen LogP contribution in [0.25, 0.3) is 0 Å². The Hall–Kier alpha value is -1.62. The van der Waals surface area contributed by atoms with Gasteiger partial charge in [-0.1, -0.05) is 34.1 Å². The number of nitrogens with one attached hydrogen (secondary N) is 1. The minimum atomic E-state index is 0.0823. The molecule has 21 heavy (non-hydrogen) atoms. The van der Waals surface area contributed by atoms with Crippen molar-refractivity contribution in [2.24, 2.45) is 0 Å². The van der Waals surface area contributed by atoms with Crippen LogP contribution in [0.2, 0.25) is 0 Å². The third-order valence-electron chi connectivity index (χ3n) is 4.04. The summed E-state index contributed by atoms with van der Waals surface area (Å²) in [5.41, 5.74) is 1.02. The predicted molar refractivity (Wildman–Crippen MR) is 84.9 cm³/mol. The Morgan fingerprint density at radius 2 is 2.24 bits per heavy atom. The van der Waals surface area contributed by atoms with Crippen LogP contribution < -0.4 is 5.32 Å². The van der Waals surface area contributed by atoms with E-state index in [-0.39, 0.29) is 11.9 Å². The van der Waals surface area contributed by atoms with Gasteiger partial charge in [0.2, 0.25) is 5.91 Å². The van der Waals surface area contributed by atoms with Crippen LogP contribution in [-0.4, -0.2) is 21.5 Å². The number of carbonyl (C=O) groups excluding carboxylic acids is 1. The number of halogens is 1. The lowest BCUT2D eigenvalue weighted by atomic mass is 10.1. The first-order valence-electron chi connectivity index (χ1n) is 7.24. The van der Waals surface area contributed by atoms with Crippen LogP contribution >= 0.6 is 15.9 Å². The molecule has 110 valence electrons. The van der Waals surface area contributed by atoms with Crippen LogP contribution in [0.4, 0.5) is 0 Å². The minimum Gasteiger partial charge on any atom is -0.351 e. The Labute approximate surface area is 132 Å². The highest BCUT2D eigenvalue weighted by Crippen LogP contribution is 2.30. The SMILES string of the molecule is O=C(Cc1ccccc1Br)N[C@@H]1CCC[C@H]1n1ccnc1. The van der Waals surface area contributed by atoms with E-state index in [2.05, 4.69) is 30.8 Å². The Balaban J connectivity index is 1.63. The second kappa shape index (κ2) is 6.43. The molecule has 1 heterocycles. The first-order chi connectivity index (χ1) is 10.2. The number of hydrogen-bond donors (Lipinski definition) is 1. The highest BCUT2D eigenvalue weighted by atomic mass is 79.9. The summed E-state index contributed by atoms with van der Waals surface area (Å²) in [7, 11) is 0. The molecule has 3 rings (SSSR count). The predicted octanol–water partition coefficient (Wildman–Crippen LogP) is 3.10. The molecular weight excluding hydrogens is 330 g/mol. The zero-order valence-electron chi connectivity index (χ0n) is 11.7. The van der Waals surface area contributed by atoms with E-state index in [1.165, 1.54) is 0 Å². The van der Waals surface area contributed by atoms with Crippen molar-refractivity contribution >= 4 is 21.8 Å². The zero-order valence-corrected chi connectivity index (χ0v) is 13.3. The summed E-state index contributed by atoms with van der Waals surface area (Å²) in [6.07, 6.45) is 9.28. The van der Waals surface area contributed by atoms with E-state index in [1.807, 2.05) is 36.8 Å². The lowest BCUT2D eigenvalue weighted by Crippen LogP contribution is -2.39. The smallest absolute Gasteiger partial charge is 0.224 e. The summed E-state index contributed by atoms with van der Waals surface area (Å²) in [5, 5.41) is 3.18. The number of hydrogen-bond acceptors (Lipinski definition) is 2. The van der Waals surface area contributed by atoms with Gasteiger partial charge in [-0.3, -0.25) is 4.79 Å². The summed E-state index contributed by atoms with van der Waals surface area (Å²) >= 11 is 3.49. The number of carbonyl (C=O) groups is 1. The number of aromatic nitrogens is 2. The number of amides is 1. The Morgan fingerprint density at radius 1 is 1.38 bits per heavy atom. The Morgan fingerprint density at radius 3 is 3.00 bits per heavy atom. The second-order valence-corrected chi connectivity index (χ2v) is 6.30. The van der Waals surface area contributed by atoms with Gasteiger partial charge < -0.3 is 9.88 Å². The molecule has 4 nitrogen and oxygen atoms in total. The van der Waals surface area contributed by atoms with Crippen molar-refractivity contribution in [3.63, 3.8) is 0 Å². The van der Waals surface area contributed by atoms with Gasteiger partial charge in [-0.15, -0.1) is 0 Å². The van der Waals surface area contributed by atoms with Gasteiger partial charge >= 0.3 is 0 Å². The van der Waals surface area contributed by atoms with Crippen molar-refractivity contribution in [1.82, 2.24) is 14.9 Å². The third kappa shape index (κ3) is 3.35. The summed E-state index contributed by atoms with van der Waals surface area (Å²) in [6.45, 7) is 0. The van der Waals surface area contributed by atoms with Gasteiger partial charge in [-0.2, -0.15) is 0 Å². The summed E-state index contributed by atoms with van der Waals surface area (Å²) in [4.78, 5) is 16.4. The van der Waals surface area contributed by atoms with Crippen LogP contribution in [0.3, 0.4) is 0 Å². The molecule has 0 radical (unpaired) electrons. The molecule has 0 saturated heterocycles. The first-order valence-corrected chi connectivity index (χ1v) is 8.03. The molecule has 0 unspecified atom stereocenters. The van der Waals surface area contributed by atoms with Crippen LogP contribution in [-0.2, 0) is 11.2 Å². The molecule has 1 fully saturated rings. The van der Waals surface area contributed by atoms with Crippen molar-refractivity contribution in [3.05, 3.63) is 53.0 Å². The lowest BCUT2D eigenvalue weighted by Gasteiger charge is -2.22. The molecule has 2 aromatic rings. The van der Waals surface area contributed by atoms with Gasteiger partial charge in [-0.25, -0.2) is 4.98 Å². The van der Waals surface area contributed by atoms with E-state index in [0.717, 1.165) is 29.3 Å². The van der Waals surface area contributed by atoms with Gasteiger partial charge in [0, 0.05) is 22.9 Å². The van der Waals surface area contributed by atoms with Crippen molar-refractivity contribution in [2.75, 3.05) is 0 Å². The maximum absolute atomic E-state index is 12.3. The third-order valence-corrected chi connectivity index (χ3v) is 4.82. The highest BCUT2D eigenvalue weighted by Gasteiger charge is 2.29. The number of imidazole rings is 1. The quantitative estimate of drug-likeness (QED) is 0.923. The molecule has 1 aromatic carbocycles. The van der Waals surface area contributed by atoms with Crippen LogP contribution in [0.15, 0.2) is 47.5 Å². The van der Waals surface area contributed by atoms with E-state index in [0.29, 0.717) is 12.5 Å². The van der Waals surface area contributed by atoms with Crippen molar-refractivity contribution in [1.29, 1.82) is 0 Å². The van der Waals surface area contributed by atoms with E-state index in [9.17, 15) is 4.79 Å². The fourth-order valence-corrected chi connectivity index (χ4v) is 3.43. The van der Waals surface area contributed by atoms with Crippen LogP contribution in [0.5, 0.6) is 0 Å². The average molecular weight is 348 g/mol. The molecule has 1 amide bonds. The molecule has 1 aromatic heterocycles. The standard InChI is InChI=1S/C16H18BrN3O/c17-13-5-2-1-4-12(13)10-16(21)19-14-6-3-7-15(14)20-9-8-18-11-20/h1-2,4-5,8-9,11,14-15H,3,6-7,10H2,(H,19,21)/t14-,15-/m1/s1. The average Bonchev–Trinajstić information content (AvgIpc) is 3.11. The number of rotatable bonds is 4. The maximum atomic E-state index is 12.3. The molecule has 0 bridgehead atoms. The molecular formula is C16H18BrN3O. The molecule has 1 aliphatic carbocycles. The molecule has 2 atom stereocenters. The largest absolute Gasteiger partial charge is 0.351 e. The fraction of sp³-hybridized carbons (Fsp3) is 0.375. The zero-order chi connectivity index (χ0) is 14.7. The molecule has 1 N–H and O–H groups in total. The fourth-order valence-electron chi connectivity index (χ4n) is 3.00. The number of benzene rings is 1. The van der Waals surface area contributed by atoms with Gasteiger partial charge in [-0.05, 0) is 30.9 Å². The van der Waals surface area contributed by atoms with E-state index >= 15 is 0 Å². The molecule has 5 heteroatoms. The van der Waals surface area contributed by atoms with E-state index < -0.39 is 0 Å². The normalized spacial score (nSPS) is 21.4. The Kier molecular flexibility index (Phi) is 4.39. The van der Waals surface area contributed by atoms with Crippen LogP contribution in [0, 0.1) is 0 Å². The van der Waals surface area contributed by atoms with Gasteiger partial charge in [0.25, 0.3) is 0 Å².